The third kappa shape index (κ3) is 5.97. The van der Waals surface area contributed by atoms with Crippen molar-refractivity contribution >= 4 is 5.97 Å². The molecule has 1 aliphatic rings. The van der Waals surface area contributed by atoms with Gasteiger partial charge >= 0.3 is 5.97 Å². The van der Waals surface area contributed by atoms with Crippen LogP contribution in [0.1, 0.15) is 39.0 Å². The molecule has 0 radical (unpaired) electrons. The Bertz CT molecular complexity index is 167. The quantitative estimate of drug-likeness (QED) is 0.478. The first-order valence-corrected chi connectivity index (χ1v) is 5.69. The fourth-order valence-corrected chi connectivity index (χ4v) is 1.43. The fourth-order valence-electron chi connectivity index (χ4n) is 1.43. The molecule has 1 saturated carbocycles. The summed E-state index contributed by atoms with van der Waals surface area (Å²) in [5.74, 6) is 0.920. The van der Waals surface area contributed by atoms with Gasteiger partial charge in [-0.1, -0.05) is 12.8 Å². The number of hydrogen-bond donors (Lipinski definition) is 1. The molecular weight excluding hydrogens is 178 g/mol. The second-order valence-corrected chi connectivity index (χ2v) is 3.89. The van der Waals surface area contributed by atoms with Crippen LogP contribution in [0.15, 0.2) is 0 Å². The molecule has 0 bridgehead atoms. The Morgan fingerprint density at radius 2 is 2.21 bits per heavy atom. The van der Waals surface area contributed by atoms with E-state index in [1.165, 1.54) is 19.3 Å². The second-order valence-electron chi connectivity index (χ2n) is 3.89. The molecule has 0 aliphatic heterocycles. The summed E-state index contributed by atoms with van der Waals surface area (Å²) < 4.78 is 4.83. The molecule has 3 heteroatoms. The number of rotatable bonds is 8. The Balaban J connectivity index is 1.76. The van der Waals surface area contributed by atoms with Gasteiger partial charge in [0.25, 0.3) is 0 Å². The Morgan fingerprint density at radius 3 is 2.86 bits per heavy atom. The molecule has 1 N–H and O–H groups in total. The topological polar surface area (TPSA) is 38.3 Å². The number of hydrogen-bond acceptors (Lipinski definition) is 3. The van der Waals surface area contributed by atoms with E-state index in [0.29, 0.717) is 13.0 Å². The van der Waals surface area contributed by atoms with Gasteiger partial charge in [-0.15, -0.1) is 0 Å². The summed E-state index contributed by atoms with van der Waals surface area (Å²) in [6, 6.07) is 0. The monoisotopic (exact) mass is 199 g/mol. The molecule has 0 aromatic carbocycles. The molecule has 82 valence electrons. The molecule has 0 unspecified atom stereocenters. The van der Waals surface area contributed by atoms with Crippen LogP contribution in [0.5, 0.6) is 0 Å². The zero-order valence-corrected chi connectivity index (χ0v) is 9.05. The lowest BCUT2D eigenvalue weighted by atomic mass is 10.3. The molecule has 0 spiro atoms. The SMILES string of the molecule is CCOC(=O)CCCNCCC1CC1. The van der Waals surface area contributed by atoms with Gasteiger partial charge in [0.1, 0.15) is 0 Å². The van der Waals surface area contributed by atoms with Crippen molar-refractivity contribution in [3.05, 3.63) is 0 Å². The molecule has 0 heterocycles. The Kier molecular flexibility index (Phi) is 5.60. The summed E-state index contributed by atoms with van der Waals surface area (Å²) in [7, 11) is 0. The van der Waals surface area contributed by atoms with Crippen LogP contribution < -0.4 is 5.32 Å². The van der Waals surface area contributed by atoms with Crippen LogP contribution in [-0.4, -0.2) is 25.7 Å². The van der Waals surface area contributed by atoms with E-state index in [1.54, 1.807) is 0 Å². The first-order valence-electron chi connectivity index (χ1n) is 5.69. The summed E-state index contributed by atoms with van der Waals surface area (Å²) in [6.07, 6.45) is 5.59. The van der Waals surface area contributed by atoms with Gasteiger partial charge in [-0.3, -0.25) is 4.79 Å². The minimum Gasteiger partial charge on any atom is -0.466 e. The number of carbonyl (C=O) groups excluding carboxylic acids is 1. The van der Waals surface area contributed by atoms with Gasteiger partial charge < -0.3 is 10.1 Å². The van der Waals surface area contributed by atoms with E-state index in [9.17, 15) is 4.79 Å². The minimum absolute atomic E-state index is 0.0727. The van der Waals surface area contributed by atoms with Crippen LogP contribution in [0.2, 0.25) is 0 Å². The molecular formula is C11H21NO2. The van der Waals surface area contributed by atoms with E-state index in [1.807, 2.05) is 6.92 Å². The predicted molar refractivity (Wildman–Crippen MR) is 56.1 cm³/mol. The normalized spacial score (nSPS) is 15.5. The Morgan fingerprint density at radius 1 is 1.43 bits per heavy atom. The zero-order valence-electron chi connectivity index (χ0n) is 9.05. The second kappa shape index (κ2) is 6.82. The highest BCUT2D eigenvalue weighted by atomic mass is 16.5. The average molecular weight is 199 g/mol. The standard InChI is InChI=1S/C11H21NO2/c1-2-14-11(13)4-3-8-12-9-7-10-5-6-10/h10,12H,2-9H2,1H3. The molecule has 0 aromatic rings. The molecule has 14 heavy (non-hydrogen) atoms. The number of carbonyl (C=O) groups is 1. The first kappa shape index (κ1) is 11.5. The molecule has 0 atom stereocenters. The highest BCUT2D eigenvalue weighted by Crippen LogP contribution is 2.31. The fraction of sp³-hybridized carbons (Fsp3) is 0.909. The molecule has 0 amide bonds. The van der Waals surface area contributed by atoms with Crippen molar-refractivity contribution in [2.24, 2.45) is 5.92 Å². The van der Waals surface area contributed by atoms with E-state index in [0.717, 1.165) is 25.4 Å². The predicted octanol–water partition coefficient (Wildman–Crippen LogP) is 1.72. The van der Waals surface area contributed by atoms with Gasteiger partial charge in [-0.25, -0.2) is 0 Å². The maximum atomic E-state index is 10.9. The van der Waals surface area contributed by atoms with Gasteiger partial charge in [-0.2, -0.15) is 0 Å². The molecule has 1 rings (SSSR count). The number of ether oxygens (including phenoxy) is 1. The molecule has 1 aliphatic carbocycles. The largest absolute Gasteiger partial charge is 0.466 e. The van der Waals surface area contributed by atoms with Crippen molar-refractivity contribution in [1.29, 1.82) is 0 Å². The van der Waals surface area contributed by atoms with Gasteiger partial charge in [-0.05, 0) is 38.8 Å². The van der Waals surface area contributed by atoms with Crippen molar-refractivity contribution in [3.63, 3.8) is 0 Å². The van der Waals surface area contributed by atoms with Gasteiger partial charge in [0, 0.05) is 6.42 Å². The van der Waals surface area contributed by atoms with Crippen molar-refractivity contribution < 1.29 is 9.53 Å². The van der Waals surface area contributed by atoms with E-state index >= 15 is 0 Å². The third-order valence-electron chi connectivity index (χ3n) is 2.47. The van der Waals surface area contributed by atoms with Crippen LogP contribution >= 0.6 is 0 Å². The van der Waals surface area contributed by atoms with Crippen LogP contribution in [-0.2, 0) is 9.53 Å². The average Bonchev–Trinajstić information content (AvgIpc) is 2.95. The number of nitrogens with one attached hydrogen (secondary N) is 1. The number of esters is 1. The highest BCUT2D eigenvalue weighted by Gasteiger charge is 2.19. The van der Waals surface area contributed by atoms with Crippen LogP contribution in [0.3, 0.4) is 0 Å². The van der Waals surface area contributed by atoms with Crippen molar-refractivity contribution in [2.45, 2.75) is 39.0 Å². The van der Waals surface area contributed by atoms with Gasteiger partial charge in [0.05, 0.1) is 6.61 Å². The zero-order chi connectivity index (χ0) is 10.2. The van der Waals surface area contributed by atoms with Crippen LogP contribution in [0, 0.1) is 5.92 Å². The smallest absolute Gasteiger partial charge is 0.305 e. The van der Waals surface area contributed by atoms with Crippen LogP contribution in [0.4, 0.5) is 0 Å². The van der Waals surface area contributed by atoms with E-state index < -0.39 is 0 Å². The van der Waals surface area contributed by atoms with Gasteiger partial charge in [0.15, 0.2) is 0 Å². The minimum atomic E-state index is -0.0727. The molecule has 3 nitrogen and oxygen atoms in total. The summed E-state index contributed by atoms with van der Waals surface area (Å²) in [5.41, 5.74) is 0. The highest BCUT2D eigenvalue weighted by molar-refractivity contribution is 5.69. The van der Waals surface area contributed by atoms with E-state index in [4.69, 9.17) is 4.74 Å². The Hall–Kier alpha value is -0.570. The van der Waals surface area contributed by atoms with Crippen molar-refractivity contribution in [1.82, 2.24) is 5.32 Å². The molecule has 0 aromatic heterocycles. The maximum absolute atomic E-state index is 10.9. The van der Waals surface area contributed by atoms with Crippen molar-refractivity contribution in [2.75, 3.05) is 19.7 Å². The lowest BCUT2D eigenvalue weighted by molar-refractivity contribution is -0.143. The molecule has 1 fully saturated rings. The van der Waals surface area contributed by atoms with E-state index in [2.05, 4.69) is 5.32 Å². The van der Waals surface area contributed by atoms with Gasteiger partial charge in [0.2, 0.25) is 0 Å². The third-order valence-corrected chi connectivity index (χ3v) is 2.47. The van der Waals surface area contributed by atoms with Crippen LogP contribution in [0.25, 0.3) is 0 Å². The molecule has 0 saturated heterocycles. The lowest BCUT2D eigenvalue weighted by Gasteiger charge is -2.03. The van der Waals surface area contributed by atoms with E-state index in [-0.39, 0.29) is 5.97 Å². The summed E-state index contributed by atoms with van der Waals surface area (Å²) in [5, 5.41) is 3.35. The summed E-state index contributed by atoms with van der Waals surface area (Å²) >= 11 is 0. The lowest BCUT2D eigenvalue weighted by Crippen LogP contribution is -2.18. The summed E-state index contributed by atoms with van der Waals surface area (Å²) in [4.78, 5) is 10.9. The Labute approximate surface area is 86.2 Å². The van der Waals surface area contributed by atoms with Crippen molar-refractivity contribution in [3.8, 4) is 0 Å². The summed E-state index contributed by atoms with van der Waals surface area (Å²) in [6.45, 7) is 4.37. The first-order chi connectivity index (χ1) is 6.83. The maximum Gasteiger partial charge on any atom is 0.305 e.